The summed E-state index contributed by atoms with van der Waals surface area (Å²) in [6, 6.07) is 0. The van der Waals surface area contributed by atoms with E-state index in [1.165, 1.54) is 5.04 Å². The lowest BCUT2D eigenvalue weighted by molar-refractivity contribution is 1.11. The Labute approximate surface area is 61.9 Å². The van der Waals surface area contributed by atoms with E-state index in [0.717, 1.165) is 18.7 Å². The van der Waals surface area contributed by atoms with E-state index in [2.05, 4.69) is 25.8 Å². The van der Waals surface area contributed by atoms with Crippen LogP contribution in [0.4, 0.5) is 0 Å². The van der Waals surface area contributed by atoms with Crippen molar-refractivity contribution in [2.24, 2.45) is 4.99 Å². The Morgan fingerprint density at radius 3 is 2.33 bits per heavy atom. The average molecular weight is 145 g/mol. The molecule has 0 bridgehead atoms. The van der Waals surface area contributed by atoms with Gasteiger partial charge in [0.1, 0.15) is 0 Å². The van der Waals surface area contributed by atoms with Gasteiger partial charge in [-0.2, -0.15) is 0 Å². The first kappa shape index (κ1) is 9.02. The fourth-order valence-corrected chi connectivity index (χ4v) is 1.36. The minimum Gasteiger partial charge on any atom is -0.283 e. The molecule has 0 aromatic heterocycles. The molecular formula is C7H15NS. The van der Waals surface area contributed by atoms with E-state index in [9.17, 15) is 0 Å². The van der Waals surface area contributed by atoms with Crippen LogP contribution in [0.1, 0.15) is 27.2 Å². The predicted octanol–water partition coefficient (Wildman–Crippen LogP) is 2.57. The molecule has 0 spiro atoms. The molecule has 1 nitrogen and oxygen atoms in total. The van der Waals surface area contributed by atoms with Gasteiger partial charge in [-0.15, -0.1) is 11.8 Å². The van der Waals surface area contributed by atoms with Crippen LogP contribution < -0.4 is 0 Å². The largest absolute Gasteiger partial charge is 0.283 e. The fraction of sp³-hybridized carbons (Fsp3) is 0.857. The normalized spacial score (nSPS) is 12.1. The highest BCUT2D eigenvalue weighted by atomic mass is 32.2. The predicted molar refractivity (Wildman–Crippen MR) is 46.4 cm³/mol. The van der Waals surface area contributed by atoms with Crippen molar-refractivity contribution < 1.29 is 0 Å². The molecule has 0 atom stereocenters. The average Bonchev–Trinajstić information content (AvgIpc) is 1.88. The summed E-state index contributed by atoms with van der Waals surface area (Å²) in [5, 5.41) is 1.29. The highest BCUT2D eigenvalue weighted by Crippen LogP contribution is 2.05. The van der Waals surface area contributed by atoms with E-state index in [1.54, 1.807) is 0 Å². The van der Waals surface area contributed by atoms with Crippen molar-refractivity contribution >= 4 is 16.8 Å². The molecule has 0 heterocycles. The first-order chi connectivity index (χ1) is 4.35. The number of rotatable bonds is 3. The molecule has 0 aromatic rings. The number of hydrogen-bond acceptors (Lipinski definition) is 2. The SMILES string of the molecule is CCN=C(CC)SCC. The van der Waals surface area contributed by atoms with Crippen LogP contribution in [0, 0.1) is 0 Å². The second kappa shape index (κ2) is 6.14. The zero-order chi connectivity index (χ0) is 7.11. The zero-order valence-corrected chi connectivity index (χ0v) is 7.29. The molecule has 54 valence electrons. The molecule has 0 rings (SSSR count). The van der Waals surface area contributed by atoms with Crippen molar-refractivity contribution in [2.45, 2.75) is 27.2 Å². The maximum absolute atomic E-state index is 4.31. The van der Waals surface area contributed by atoms with Crippen LogP contribution >= 0.6 is 11.8 Å². The molecule has 0 aromatic carbocycles. The maximum Gasteiger partial charge on any atom is 0.0672 e. The minimum atomic E-state index is 0.927. The van der Waals surface area contributed by atoms with Crippen molar-refractivity contribution in [2.75, 3.05) is 12.3 Å². The van der Waals surface area contributed by atoms with Crippen LogP contribution in [-0.2, 0) is 0 Å². The van der Waals surface area contributed by atoms with Gasteiger partial charge in [0.05, 0.1) is 5.04 Å². The third-order valence-electron chi connectivity index (χ3n) is 0.948. The molecule has 0 saturated heterocycles. The molecule has 0 unspecified atom stereocenters. The summed E-state index contributed by atoms with van der Waals surface area (Å²) >= 11 is 1.85. The Bertz CT molecular complexity index is 88.9. The Kier molecular flexibility index (Phi) is 6.16. The molecule has 0 N–H and O–H groups in total. The van der Waals surface area contributed by atoms with Gasteiger partial charge in [-0.05, 0) is 19.1 Å². The third kappa shape index (κ3) is 4.52. The zero-order valence-electron chi connectivity index (χ0n) is 6.48. The van der Waals surface area contributed by atoms with Gasteiger partial charge < -0.3 is 0 Å². The molecule has 0 fully saturated rings. The van der Waals surface area contributed by atoms with E-state index < -0.39 is 0 Å². The molecule has 0 aliphatic rings. The number of thioether (sulfide) groups is 1. The lowest BCUT2D eigenvalue weighted by Gasteiger charge is -1.97. The lowest BCUT2D eigenvalue weighted by Crippen LogP contribution is -1.90. The van der Waals surface area contributed by atoms with E-state index in [-0.39, 0.29) is 0 Å². The Balaban J connectivity index is 3.53. The van der Waals surface area contributed by atoms with Crippen molar-refractivity contribution in [1.29, 1.82) is 0 Å². The van der Waals surface area contributed by atoms with Crippen LogP contribution in [-0.4, -0.2) is 17.3 Å². The third-order valence-corrected chi connectivity index (χ3v) is 1.99. The van der Waals surface area contributed by atoms with E-state index in [4.69, 9.17) is 0 Å². The van der Waals surface area contributed by atoms with E-state index in [0.29, 0.717) is 0 Å². The highest BCUT2D eigenvalue weighted by Gasteiger charge is 1.91. The molecule has 0 aliphatic heterocycles. The van der Waals surface area contributed by atoms with Crippen molar-refractivity contribution in [3.05, 3.63) is 0 Å². The number of aliphatic imine (C=N–C) groups is 1. The van der Waals surface area contributed by atoms with Gasteiger partial charge in [-0.3, -0.25) is 4.99 Å². The van der Waals surface area contributed by atoms with E-state index in [1.807, 2.05) is 11.8 Å². The van der Waals surface area contributed by atoms with Gasteiger partial charge in [0.2, 0.25) is 0 Å². The fourth-order valence-electron chi connectivity index (χ4n) is 0.602. The van der Waals surface area contributed by atoms with Crippen LogP contribution in [0.2, 0.25) is 0 Å². The topological polar surface area (TPSA) is 12.4 Å². The minimum absolute atomic E-state index is 0.927. The maximum atomic E-state index is 4.31. The molecule has 2 heteroatoms. The van der Waals surface area contributed by atoms with Crippen molar-refractivity contribution in [3.63, 3.8) is 0 Å². The highest BCUT2D eigenvalue weighted by molar-refractivity contribution is 8.13. The summed E-state index contributed by atoms with van der Waals surface area (Å²) in [7, 11) is 0. The molecule has 0 aliphatic carbocycles. The van der Waals surface area contributed by atoms with Gasteiger partial charge in [-0.1, -0.05) is 13.8 Å². The smallest absolute Gasteiger partial charge is 0.0672 e. The van der Waals surface area contributed by atoms with Crippen LogP contribution in [0.25, 0.3) is 0 Å². The molecule has 0 amide bonds. The standard InChI is InChI=1S/C7H15NS/c1-4-7(8-5-2)9-6-3/h4-6H2,1-3H3. The summed E-state index contributed by atoms with van der Waals surface area (Å²) < 4.78 is 0. The molecular weight excluding hydrogens is 130 g/mol. The lowest BCUT2D eigenvalue weighted by atomic mass is 10.5. The first-order valence-corrected chi connectivity index (χ1v) is 4.49. The second-order valence-electron chi connectivity index (χ2n) is 1.65. The summed E-state index contributed by atoms with van der Waals surface area (Å²) in [6.45, 7) is 7.31. The van der Waals surface area contributed by atoms with Gasteiger partial charge in [-0.25, -0.2) is 0 Å². The van der Waals surface area contributed by atoms with Gasteiger partial charge >= 0.3 is 0 Å². The summed E-state index contributed by atoms with van der Waals surface area (Å²) in [4.78, 5) is 4.31. The quantitative estimate of drug-likeness (QED) is 0.439. The van der Waals surface area contributed by atoms with Crippen LogP contribution in [0.5, 0.6) is 0 Å². The molecule has 0 saturated carbocycles. The monoisotopic (exact) mass is 145 g/mol. The van der Waals surface area contributed by atoms with Gasteiger partial charge in [0.15, 0.2) is 0 Å². The van der Waals surface area contributed by atoms with Gasteiger partial charge in [0, 0.05) is 6.54 Å². The Hall–Kier alpha value is 0.0200. The molecule has 0 radical (unpaired) electrons. The van der Waals surface area contributed by atoms with Crippen LogP contribution in [0.3, 0.4) is 0 Å². The summed E-state index contributed by atoms with van der Waals surface area (Å²) in [5.41, 5.74) is 0. The number of hydrogen-bond donors (Lipinski definition) is 0. The Morgan fingerprint density at radius 1 is 1.33 bits per heavy atom. The van der Waals surface area contributed by atoms with Gasteiger partial charge in [0.25, 0.3) is 0 Å². The second-order valence-corrected chi connectivity index (χ2v) is 2.99. The number of nitrogens with zero attached hydrogens (tertiary/aromatic N) is 1. The van der Waals surface area contributed by atoms with Crippen LogP contribution in [0.15, 0.2) is 4.99 Å². The Morgan fingerprint density at radius 2 is 2.00 bits per heavy atom. The molecule has 9 heavy (non-hydrogen) atoms. The van der Waals surface area contributed by atoms with Crippen molar-refractivity contribution in [1.82, 2.24) is 0 Å². The van der Waals surface area contributed by atoms with E-state index >= 15 is 0 Å². The summed E-state index contributed by atoms with van der Waals surface area (Å²) in [6.07, 6.45) is 1.09. The summed E-state index contributed by atoms with van der Waals surface area (Å²) in [5.74, 6) is 1.15. The first-order valence-electron chi connectivity index (χ1n) is 3.51. The van der Waals surface area contributed by atoms with Crippen molar-refractivity contribution in [3.8, 4) is 0 Å².